The van der Waals surface area contributed by atoms with Crippen molar-refractivity contribution < 1.29 is 9.90 Å². The molecule has 3 nitrogen and oxygen atoms in total. The lowest BCUT2D eigenvalue weighted by Crippen LogP contribution is -2.45. The second-order valence-corrected chi connectivity index (χ2v) is 5.81. The highest BCUT2D eigenvalue weighted by molar-refractivity contribution is 5.92. The minimum atomic E-state index is -0.401. The molecule has 0 spiro atoms. The van der Waals surface area contributed by atoms with Crippen molar-refractivity contribution in [2.75, 3.05) is 13.1 Å². The van der Waals surface area contributed by atoms with Crippen LogP contribution in [0, 0.1) is 19.8 Å². The van der Waals surface area contributed by atoms with Crippen LogP contribution < -0.4 is 0 Å². The van der Waals surface area contributed by atoms with Crippen LogP contribution in [-0.2, 0) is 4.79 Å². The number of likely N-dealkylation sites (tertiary alicyclic amines) is 1. The van der Waals surface area contributed by atoms with Gasteiger partial charge in [-0.3, -0.25) is 4.79 Å². The van der Waals surface area contributed by atoms with E-state index in [0.29, 0.717) is 6.54 Å². The summed E-state index contributed by atoms with van der Waals surface area (Å²) in [7, 11) is 0. The zero-order chi connectivity index (χ0) is 14.7. The van der Waals surface area contributed by atoms with Gasteiger partial charge in [0.1, 0.15) is 0 Å². The summed E-state index contributed by atoms with van der Waals surface area (Å²) in [4.78, 5) is 13.9. The molecule has 2 rings (SSSR count). The SMILES string of the molecule is Cc1ccc(/C=C/C(=O)N2CCC(C)C(O)C2)c(C)c1. The Morgan fingerprint density at radius 2 is 2.15 bits per heavy atom. The molecule has 0 aromatic heterocycles. The molecule has 1 aromatic rings. The number of aliphatic hydroxyl groups excluding tert-OH is 1. The van der Waals surface area contributed by atoms with Gasteiger partial charge in [0.15, 0.2) is 0 Å². The Kier molecular flexibility index (Phi) is 4.61. The molecule has 1 N–H and O–H groups in total. The summed E-state index contributed by atoms with van der Waals surface area (Å²) in [6, 6.07) is 6.18. The number of amides is 1. The zero-order valence-corrected chi connectivity index (χ0v) is 12.5. The Labute approximate surface area is 120 Å². The molecule has 0 saturated carbocycles. The predicted octanol–water partition coefficient (Wildman–Crippen LogP) is 2.55. The predicted molar refractivity (Wildman–Crippen MR) is 81.3 cm³/mol. The summed E-state index contributed by atoms with van der Waals surface area (Å²) in [6.45, 7) is 7.30. The fourth-order valence-corrected chi connectivity index (χ4v) is 2.53. The van der Waals surface area contributed by atoms with Crippen LogP contribution in [0.15, 0.2) is 24.3 Å². The van der Waals surface area contributed by atoms with Crippen molar-refractivity contribution in [3.05, 3.63) is 41.0 Å². The molecule has 1 aromatic carbocycles. The number of rotatable bonds is 2. The molecule has 20 heavy (non-hydrogen) atoms. The molecule has 1 aliphatic heterocycles. The molecular formula is C17H23NO2. The van der Waals surface area contributed by atoms with Crippen LogP contribution in [0.4, 0.5) is 0 Å². The van der Waals surface area contributed by atoms with E-state index < -0.39 is 6.10 Å². The third kappa shape index (κ3) is 3.48. The maximum atomic E-state index is 12.1. The fourth-order valence-electron chi connectivity index (χ4n) is 2.53. The second-order valence-electron chi connectivity index (χ2n) is 5.81. The van der Waals surface area contributed by atoms with E-state index in [-0.39, 0.29) is 11.8 Å². The van der Waals surface area contributed by atoms with Crippen LogP contribution in [0.1, 0.15) is 30.0 Å². The van der Waals surface area contributed by atoms with Crippen molar-refractivity contribution in [2.45, 2.75) is 33.3 Å². The summed E-state index contributed by atoms with van der Waals surface area (Å²) in [5.41, 5.74) is 3.45. The monoisotopic (exact) mass is 273 g/mol. The molecule has 1 aliphatic rings. The molecule has 108 valence electrons. The van der Waals surface area contributed by atoms with Gasteiger partial charge in [-0.25, -0.2) is 0 Å². The molecule has 1 fully saturated rings. The van der Waals surface area contributed by atoms with Gasteiger partial charge in [0.05, 0.1) is 6.10 Å². The summed E-state index contributed by atoms with van der Waals surface area (Å²) in [5, 5.41) is 9.84. The van der Waals surface area contributed by atoms with Gasteiger partial charge < -0.3 is 10.0 Å². The minimum absolute atomic E-state index is 0.0177. The Morgan fingerprint density at radius 1 is 1.40 bits per heavy atom. The number of aliphatic hydroxyl groups is 1. The third-order valence-electron chi connectivity index (χ3n) is 4.06. The van der Waals surface area contributed by atoms with Gasteiger partial charge in [-0.15, -0.1) is 0 Å². The van der Waals surface area contributed by atoms with Crippen molar-refractivity contribution >= 4 is 12.0 Å². The maximum absolute atomic E-state index is 12.1. The van der Waals surface area contributed by atoms with Gasteiger partial charge in [0.2, 0.25) is 5.91 Å². The molecule has 1 amide bonds. The van der Waals surface area contributed by atoms with Crippen LogP contribution in [0.5, 0.6) is 0 Å². The Morgan fingerprint density at radius 3 is 2.80 bits per heavy atom. The molecule has 3 heteroatoms. The number of benzene rings is 1. The Bertz CT molecular complexity index is 522. The standard InChI is InChI=1S/C17H23NO2/c1-12-4-5-15(14(3)10-12)6-7-17(20)18-9-8-13(2)16(19)11-18/h4-7,10,13,16,19H,8-9,11H2,1-3H3/b7-6+. The van der Waals surface area contributed by atoms with E-state index in [1.807, 2.05) is 32.1 Å². The number of piperidine rings is 1. The highest BCUT2D eigenvalue weighted by Crippen LogP contribution is 2.18. The molecule has 1 heterocycles. The lowest BCUT2D eigenvalue weighted by Gasteiger charge is -2.33. The van der Waals surface area contributed by atoms with Gasteiger partial charge in [0, 0.05) is 19.2 Å². The lowest BCUT2D eigenvalue weighted by molar-refractivity contribution is -0.130. The van der Waals surface area contributed by atoms with E-state index in [1.54, 1.807) is 11.0 Å². The first-order valence-corrected chi connectivity index (χ1v) is 7.19. The minimum Gasteiger partial charge on any atom is -0.391 e. The van der Waals surface area contributed by atoms with Crippen LogP contribution in [-0.4, -0.2) is 35.1 Å². The van der Waals surface area contributed by atoms with E-state index in [2.05, 4.69) is 13.0 Å². The third-order valence-corrected chi connectivity index (χ3v) is 4.06. The highest BCUT2D eigenvalue weighted by atomic mass is 16.3. The quantitative estimate of drug-likeness (QED) is 0.841. The summed E-state index contributed by atoms with van der Waals surface area (Å²) in [5.74, 6) is 0.262. The van der Waals surface area contributed by atoms with Crippen LogP contribution in [0.2, 0.25) is 0 Å². The molecule has 0 radical (unpaired) electrons. The van der Waals surface area contributed by atoms with Crippen LogP contribution in [0.25, 0.3) is 6.08 Å². The molecule has 2 unspecified atom stereocenters. The number of carbonyl (C=O) groups is 1. The van der Waals surface area contributed by atoms with Crippen LogP contribution >= 0.6 is 0 Å². The topological polar surface area (TPSA) is 40.5 Å². The Balaban J connectivity index is 2.02. The Hall–Kier alpha value is -1.61. The van der Waals surface area contributed by atoms with E-state index in [9.17, 15) is 9.90 Å². The zero-order valence-electron chi connectivity index (χ0n) is 12.5. The normalized spacial score (nSPS) is 23.3. The fraction of sp³-hybridized carbons (Fsp3) is 0.471. The number of carbonyl (C=O) groups excluding carboxylic acids is 1. The first-order valence-electron chi connectivity index (χ1n) is 7.19. The van der Waals surface area contributed by atoms with Gasteiger partial charge in [-0.2, -0.15) is 0 Å². The molecule has 0 aliphatic carbocycles. The smallest absolute Gasteiger partial charge is 0.246 e. The summed E-state index contributed by atoms with van der Waals surface area (Å²) in [6.07, 6.45) is 3.94. The molecule has 1 saturated heterocycles. The second kappa shape index (κ2) is 6.23. The average molecular weight is 273 g/mol. The van der Waals surface area contributed by atoms with Gasteiger partial charge in [-0.1, -0.05) is 30.7 Å². The largest absolute Gasteiger partial charge is 0.391 e. The van der Waals surface area contributed by atoms with Crippen molar-refractivity contribution in [2.24, 2.45) is 5.92 Å². The number of β-amino-alcohol motifs (C(OH)–C–C–N with tert-alkyl or cyclic N) is 1. The van der Waals surface area contributed by atoms with Crippen molar-refractivity contribution in [3.8, 4) is 0 Å². The summed E-state index contributed by atoms with van der Waals surface area (Å²) >= 11 is 0. The number of hydrogen-bond donors (Lipinski definition) is 1. The number of hydrogen-bond acceptors (Lipinski definition) is 2. The molecule has 2 atom stereocenters. The van der Waals surface area contributed by atoms with Crippen molar-refractivity contribution in [1.82, 2.24) is 4.90 Å². The average Bonchev–Trinajstić information content (AvgIpc) is 2.40. The van der Waals surface area contributed by atoms with Gasteiger partial charge in [0.25, 0.3) is 0 Å². The van der Waals surface area contributed by atoms with E-state index in [1.165, 1.54) is 11.1 Å². The maximum Gasteiger partial charge on any atom is 0.246 e. The van der Waals surface area contributed by atoms with Crippen LogP contribution in [0.3, 0.4) is 0 Å². The lowest BCUT2D eigenvalue weighted by atomic mass is 9.96. The number of aryl methyl sites for hydroxylation is 2. The van der Waals surface area contributed by atoms with Crippen molar-refractivity contribution in [3.63, 3.8) is 0 Å². The highest BCUT2D eigenvalue weighted by Gasteiger charge is 2.26. The van der Waals surface area contributed by atoms with Gasteiger partial charge >= 0.3 is 0 Å². The first-order chi connectivity index (χ1) is 9.47. The van der Waals surface area contributed by atoms with Crippen molar-refractivity contribution in [1.29, 1.82) is 0 Å². The van der Waals surface area contributed by atoms with Gasteiger partial charge in [-0.05, 0) is 43.4 Å². The number of nitrogens with zero attached hydrogens (tertiary/aromatic N) is 1. The van der Waals surface area contributed by atoms with E-state index in [0.717, 1.165) is 18.5 Å². The summed E-state index contributed by atoms with van der Waals surface area (Å²) < 4.78 is 0. The van der Waals surface area contributed by atoms with E-state index in [4.69, 9.17) is 0 Å². The van der Waals surface area contributed by atoms with E-state index >= 15 is 0 Å². The molecule has 0 bridgehead atoms. The molecular weight excluding hydrogens is 250 g/mol. The first kappa shape index (κ1) is 14.8.